The zero-order chi connectivity index (χ0) is 13.7. The molecule has 0 spiro atoms. The summed E-state index contributed by atoms with van der Waals surface area (Å²) in [6.45, 7) is 4.20. The highest BCUT2D eigenvalue weighted by Gasteiger charge is 2.18. The van der Waals surface area contributed by atoms with Gasteiger partial charge in [-0.15, -0.1) is 11.8 Å². The summed E-state index contributed by atoms with van der Waals surface area (Å²) in [6, 6.07) is 0. The molecule has 0 atom stereocenters. The predicted molar refractivity (Wildman–Crippen MR) is 81.3 cm³/mol. The second-order valence-electron chi connectivity index (χ2n) is 5.19. The van der Waals surface area contributed by atoms with Crippen molar-refractivity contribution >= 4 is 17.6 Å². The van der Waals surface area contributed by atoms with Gasteiger partial charge in [0.05, 0.1) is 0 Å². The minimum absolute atomic E-state index is 0.711. The number of nitrogens with one attached hydrogen (secondary N) is 1. The first-order chi connectivity index (χ1) is 9.24. The molecule has 19 heavy (non-hydrogen) atoms. The van der Waals surface area contributed by atoms with Crippen molar-refractivity contribution in [2.24, 2.45) is 5.84 Å². The standard InChI is InChI=1S/C14H24N4S/c1-3-7-12-16-13(18-15)10(2)14(17-12)19-11-8-5-4-6-9-11/h11H,3-9,15H2,1-2H3,(H,16,17,18). The van der Waals surface area contributed by atoms with Crippen LogP contribution in [0.2, 0.25) is 0 Å². The molecule has 3 N–H and O–H groups in total. The Morgan fingerprint density at radius 1 is 1.26 bits per heavy atom. The molecule has 5 heteroatoms. The molecule has 2 rings (SSSR count). The zero-order valence-corrected chi connectivity index (χ0v) is 12.7. The molecule has 0 unspecified atom stereocenters. The van der Waals surface area contributed by atoms with Gasteiger partial charge in [0.1, 0.15) is 16.7 Å². The Hall–Kier alpha value is -0.810. The van der Waals surface area contributed by atoms with E-state index in [1.807, 2.05) is 11.8 Å². The van der Waals surface area contributed by atoms with E-state index in [0.29, 0.717) is 5.25 Å². The number of nitrogens with zero attached hydrogens (tertiary/aromatic N) is 2. The van der Waals surface area contributed by atoms with E-state index in [1.54, 1.807) is 0 Å². The van der Waals surface area contributed by atoms with Crippen molar-refractivity contribution < 1.29 is 0 Å². The van der Waals surface area contributed by atoms with Crippen LogP contribution in [-0.4, -0.2) is 15.2 Å². The number of nitrogens with two attached hydrogens (primary N) is 1. The van der Waals surface area contributed by atoms with E-state index in [2.05, 4.69) is 24.3 Å². The van der Waals surface area contributed by atoms with Crippen molar-refractivity contribution in [3.63, 3.8) is 0 Å². The molecular formula is C14H24N4S. The van der Waals surface area contributed by atoms with Gasteiger partial charge in [-0.25, -0.2) is 15.8 Å². The number of aromatic nitrogens is 2. The second-order valence-corrected chi connectivity index (χ2v) is 6.48. The maximum Gasteiger partial charge on any atom is 0.147 e. The first-order valence-corrected chi connectivity index (χ1v) is 8.13. The van der Waals surface area contributed by atoms with Gasteiger partial charge in [-0.05, 0) is 26.2 Å². The summed E-state index contributed by atoms with van der Waals surface area (Å²) in [4.78, 5) is 9.19. The molecule has 1 aromatic rings. The monoisotopic (exact) mass is 280 g/mol. The molecule has 1 heterocycles. The van der Waals surface area contributed by atoms with E-state index >= 15 is 0 Å². The number of hydrazine groups is 1. The highest BCUT2D eigenvalue weighted by atomic mass is 32.2. The lowest BCUT2D eigenvalue weighted by Crippen LogP contribution is -2.14. The first kappa shape index (κ1) is 14.6. The third-order valence-corrected chi connectivity index (χ3v) is 5.01. The Kier molecular flexibility index (Phi) is 5.45. The lowest BCUT2D eigenvalue weighted by atomic mass is 10.0. The minimum Gasteiger partial charge on any atom is -0.308 e. The van der Waals surface area contributed by atoms with E-state index in [4.69, 9.17) is 10.8 Å². The van der Waals surface area contributed by atoms with Crippen LogP contribution in [0, 0.1) is 6.92 Å². The van der Waals surface area contributed by atoms with Crippen LogP contribution in [0.3, 0.4) is 0 Å². The molecular weight excluding hydrogens is 256 g/mol. The second kappa shape index (κ2) is 7.10. The first-order valence-electron chi connectivity index (χ1n) is 7.25. The Morgan fingerprint density at radius 2 is 2.00 bits per heavy atom. The van der Waals surface area contributed by atoms with Crippen LogP contribution in [0.5, 0.6) is 0 Å². The lowest BCUT2D eigenvalue weighted by molar-refractivity contribution is 0.515. The van der Waals surface area contributed by atoms with E-state index in [9.17, 15) is 0 Å². The predicted octanol–water partition coefficient (Wildman–Crippen LogP) is 3.45. The Balaban J connectivity index is 2.18. The third-order valence-electron chi connectivity index (χ3n) is 3.59. The average molecular weight is 280 g/mol. The highest BCUT2D eigenvalue weighted by molar-refractivity contribution is 7.99. The van der Waals surface area contributed by atoms with Gasteiger partial charge in [-0.3, -0.25) is 0 Å². The minimum atomic E-state index is 0.711. The smallest absolute Gasteiger partial charge is 0.147 e. The van der Waals surface area contributed by atoms with Gasteiger partial charge in [0.25, 0.3) is 0 Å². The van der Waals surface area contributed by atoms with Gasteiger partial charge in [-0.2, -0.15) is 0 Å². The van der Waals surface area contributed by atoms with Gasteiger partial charge in [0.15, 0.2) is 0 Å². The summed E-state index contributed by atoms with van der Waals surface area (Å²) >= 11 is 1.91. The van der Waals surface area contributed by atoms with Crippen molar-refractivity contribution in [3.8, 4) is 0 Å². The number of anilines is 1. The van der Waals surface area contributed by atoms with Crippen molar-refractivity contribution in [2.45, 2.75) is 69.1 Å². The molecule has 1 aromatic heterocycles. The van der Waals surface area contributed by atoms with E-state index in [-0.39, 0.29) is 0 Å². The van der Waals surface area contributed by atoms with Crippen LogP contribution >= 0.6 is 11.8 Å². The maximum atomic E-state index is 5.57. The largest absolute Gasteiger partial charge is 0.308 e. The van der Waals surface area contributed by atoms with Crippen LogP contribution in [0.25, 0.3) is 0 Å². The van der Waals surface area contributed by atoms with Crippen molar-refractivity contribution in [3.05, 3.63) is 11.4 Å². The van der Waals surface area contributed by atoms with Crippen LogP contribution in [0.1, 0.15) is 56.8 Å². The van der Waals surface area contributed by atoms with Gasteiger partial charge in [-0.1, -0.05) is 26.2 Å². The fourth-order valence-corrected chi connectivity index (χ4v) is 3.79. The molecule has 0 aliphatic heterocycles. The number of hydrogen-bond acceptors (Lipinski definition) is 5. The zero-order valence-electron chi connectivity index (χ0n) is 11.9. The molecule has 4 nitrogen and oxygen atoms in total. The van der Waals surface area contributed by atoms with E-state index < -0.39 is 0 Å². The molecule has 1 aliphatic rings. The van der Waals surface area contributed by atoms with Crippen LogP contribution in [0.4, 0.5) is 5.82 Å². The topological polar surface area (TPSA) is 63.8 Å². The average Bonchev–Trinajstić information content (AvgIpc) is 2.43. The summed E-state index contributed by atoms with van der Waals surface area (Å²) in [5, 5.41) is 1.82. The third kappa shape index (κ3) is 3.83. The highest BCUT2D eigenvalue weighted by Crippen LogP contribution is 2.35. The molecule has 106 valence electrons. The number of aryl methyl sites for hydroxylation is 1. The molecule has 1 saturated carbocycles. The summed E-state index contributed by atoms with van der Waals surface area (Å²) in [5.41, 5.74) is 3.79. The van der Waals surface area contributed by atoms with Gasteiger partial charge in [0, 0.05) is 17.2 Å². The SMILES string of the molecule is CCCc1nc(NN)c(C)c(SC2CCCCC2)n1. The summed E-state index contributed by atoms with van der Waals surface area (Å²) < 4.78 is 0. The number of nitrogen functional groups attached to an aromatic ring is 1. The molecule has 0 bridgehead atoms. The van der Waals surface area contributed by atoms with Gasteiger partial charge in [0.2, 0.25) is 0 Å². The van der Waals surface area contributed by atoms with Gasteiger partial charge >= 0.3 is 0 Å². The molecule has 0 radical (unpaired) electrons. The summed E-state index contributed by atoms with van der Waals surface area (Å²) in [7, 11) is 0. The van der Waals surface area contributed by atoms with E-state index in [0.717, 1.165) is 35.1 Å². The Labute approximate surface area is 119 Å². The fraction of sp³-hybridized carbons (Fsp3) is 0.714. The number of rotatable bonds is 5. The van der Waals surface area contributed by atoms with Crippen molar-refractivity contribution in [2.75, 3.05) is 5.43 Å². The summed E-state index contributed by atoms with van der Waals surface area (Å²) in [6.07, 6.45) is 8.67. The number of hydrogen-bond donors (Lipinski definition) is 2. The van der Waals surface area contributed by atoms with Crippen molar-refractivity contribution in [1.82, 2.24) is 9.97 Å². The van der Waals surface area contributed by atoms with Crippen LogP contribution in [0.15, 0.2) is 5.03 Å². The van der Waals surface area contributed by atoms with Crippen molar-refractivity contribution in [1.29, 1.82) is 0 Å². The molecule has 1 fully saturated rings. The van der Waals surface area contributed by atoms with Crippen LogP contribution in [-0.2, 0) is 6.42 Å². The maximum absolute atomic E-state index is 5.57. The summed E-state index contributed by atoms with van der Waals surface area (Å²) in [5.74, 6) is 7.25. The van der Waals surface area contributed by atoms with Gasteiger partial charge < -0.3 is 5.43 Å². The fourth-order valence-electron chi connectivity index (χ4n) is 2.47. The molecule has 1 aliphatic carbocycles. The quantitative estimate of drug-likeness (QED) is 0.491. The normalized spacial score (nSPS) is 16.6. The van der Waals surface area contributed by atoms with E-state index in [1.165, 1.54) is 32.1 Å². The Bertz CT molecular complexity index is 416. The molecule has 0 aromatic carbocycles. The number of thioether (sulfide) groups is 1. The lowest BCUT2D eigenvalue weighted by Gasteiger charge is -2.22. The molecule has 0 amide bonds. The Morgan fingerprint density at radius 3 is 2.63 bits per heavy atom. The van der Waals surface area contributed by atoms with Crippen LogP contribution < -0.4 is 11.3 Å². The molecule has 0 saturated heterocycles.